The van der Waals surface area contributed by atoms with Crippen molar-refractivity contribution in [1.82, 2.24) is 4.98 Å². The molecule has 2 aromatic rings. The van der Waals surface area contributed by atoms with Crippen molar-refractivity contribution in [2.45, 2.75) is 6.92 Å². The van der Waals surface area contributed by atoms with Crippen LogP contribution in [0, 0.1) is 6.92 Å². The smallest absolute Gasteiger partial charge is 0.354 e. The number of carboxylic acids is 1. The van der Waals surface area contributed by atoms with Crippen LogP contribution in [0.2, 0.25) is 5.02 Å². The van der Waals surface area contributed by atoms with Gasteiger partial charge in [-0.1, -0.05) is 11.6 Å². The Labute approximate surface area is 119 Å². The Bertz CT molecular complexity index is 694. The number of aryl methyl sites for hydroxylation is 1. The summed E-state index contributed by atoms with van der Waals surface area (Å²) in [6.45, 7) is 1.67. The monoisotopic (exact) mass is 294 g/mol. The molecule has 0 bridgehead atoms. The van der Waals surface area contributed by atoms with Crippen molar-refractivity contribution < 1.29 is 19.8 Å². The zero-order valence-corrected chi connectivity index (χ0v) is 11.2. The number of aromatic nitrogens is 1. The van der Waals surface area contributed by atoms with Gasteiger partial charge in [-0.15, -0.1) is 0 Å². The molecule has 0 aliphatic carbocycles. The van der Waals surface area contributed by atoms with Crippen molar-refractivity contribution in [3.05, 3.63) is 46.2 Å². The molecule has 2 rings (SSSR count). The molecule has 1 heterocycles. The normalized spacial score (nSPS) is 10.3. The summed E-state index contributed by atoms with van der Waals surface area (Å²) in [6, 6.07) is 5.54. The summed E-state index contributed by atoms with van der Waals surface area (Å²) in [4.78, 5) is 25.7. The lowest BCUT2D eigenvalue weighted by Gasteiger charge is -2.06. The highest BCUT2D eigenvalue weighted by molar-refractivity contribution is 6.31. The number of amides is 1. The first-order valence-electron chi connectivity index (χ1n) is 5.61. The van der Waals surface area contributed by atoms with Gasteiger partial charge in [-0.05, 0) is 31.2 Å². The van der Waals surface area contributed by atoms with E-state index in [0.29, 0.717) is 10.7 Å². The first-order chi connectivity index (χ1) is 9.38. The number of halogens is 1. The van der Waals surface area contributed by atoms with E-state index < -0.39 is 11.9 Å². The van der Waals surface area contributed by atoms with Gasteiger partial charge in [0.15, 0.2) is 0 Å². The highest BCUT2D eigenvalue weighted by Crippen LogP contribution is 2.24. The standard InChI is InChI=1S/C13H11ClN2O4/c1-6-4-9(11(15-6)13(19)20)16-12(18)8-3-2-7(14)5-10(8)17/h2-5,15,17H,1H3,(H,16,18)(H,19,20). The molecular weight excluding hydrogens is 284 g/mol. The number of carbonyl (C=O) groups excluding carboxylic acids is 1. The SMILES string of the molecule is Cc1cc(NC(=O)c2ccc(Cl)cc2O)c(C(=O)O)[nH]1. The number of hydrogen-bond acceptors (Lipinski definition) is 3. The molecule has 0 saturated carbocycles. The van der Waals surface area contributed by atoms with Gasteiger partial charge in [0.25, 0.3) is 5.91 Å². The van der Waals surface area contributed by atoms with Crippen molar-refractivity contribution >= 4 is 29.2 Å². The number of anilines is 1. The summed E-state index contributed by atoms with van der Waals surface area (Å²) in [7, 11) is 0. The number of rotatable bonds is 3. The summed E-state index contributed by atoms with van der Waals surface area (Å²) >= 11 is 5.68. The number of H-pyrrole nitrogens is 1. The molecule has 0 saturated heterocycles. The number of aromatic hydroxyl groups is 1. The van der Waals surface area contributed by atoms with Crippen LogP contribution < -0.4 is 5.32 Å². The van der Waals surface area contributed by atoms with Gasteiger partial charge in [-0.2, -0.15) is 0 Å². The summed E-state index contributed by atoms with van der Waals surface area (Å²) in [5, 5.41) is 21.4. The Morgan fingerprint density at radius 1 is 1.30 bits per heavy atom. The third-order valence-corrected chi connectivity index (χ3v) is 2.85. The van der Waals surface area contributed by atoms with Crippen LogP contribution in [0.25, 0.3) is 0 Å². The Hall–Kier alpha value is -2.47. The predicted molar refractivity (Wildman–Crippen MR) is 73.6 cm³/mol. The van der Waals surface area contributed by atoms with Crippen molar-refractivity contribution in [3.63, 3.8) is 0 Å². The fraction of sp³-hybridized carbons (Fsp3) is 0.0769. The third kappa shape index (κ3) is 2.75. The number of nitrogens with one attached hydrogen (secondary N) is 2. The molecule has 0 fully saturated rings. The molecule has 6 nitrogen and oxygen atoms in total. The van der Waals surface area contributed by atoms with Crippen molar-refractivity contribution in [1.29, 1.82) is 0 Å². The van der Waals surface area contributed by atoms with Crippen molar-refractivity contribution in [2.75, 3.05) is 5.32 Å². The summed E-state index contributed by atoms with van der Waals surface area (Å²) in [6.07, 6.45) is 0. The molecule has 7 heteroatoms. The van der Waals surface area contributed by atoms with E-state index in [4.69, 9.17) is 16.7 Å². The molecule has 4 N–H and O–H groups in total. The highest BCUT2D eigenvalue weighted by atomic mass is 35.5. The largest absolute Gasteiger partial charge is 0.507 e. The fourth-order valence-electron chi connectivity index (χ4n) is 1.74. The van der Waals surface area contributed by atoms with E-state index in [1.165, 1.54) is 24.3 Å². The molecular formula is C13H11ClN2O4. The maximum Gasteiger partial charge on any atom is 0.354 e. The van der Waals surface area contributed by atoms with E-state index >= 15 is 0 Å². The minimum atomic E-state index is -1.19. The zero-order chi connectivity index (χ0) is 14.9. The van der Waals surface area contributed by atoms with Gasteiger partial charge in [0.2, 0.25) is 0 Å². The number of carbonyl (C=O) groups is 2. The predicted octanol–water partition coefficient (Wildman–Crippen LogP) is 2.63. The van der Waals surface area contributed by atoms with Crippen LogP contribution in [0.5, 0.6) is 5.75 Å². The lowest BCUT2D eigenvalue weighted by molar-refractivity contribution is 0.0692. The van der Waals surface area contributed by atoms with Crippen LogP contribution in [-0.2, 0) is 0 Å². The maximum absolute atomic E-state index is 12.0. The van der Waals surface area contributed by atoms with E-state index in [-0.39, 0.29) is 22.7 Å². The molecule has 20 heavy (non-hydrogen) atoms. The average molecular weight is 295 g/mol. The highest BCUT2D eigenvalue weighted by Gasteiger charge is 2.18. The van der Waals surface area contributed by atoms with E-state index in [0.717, 1.165) is 0 Å². The van der Waals surface area contributed by atoms with Gasteiger partial charge >= 0.3 is 5.97 Å². The Morgan fingerprint density at radius 3 is 2.60 bits per heavy atom. The first kappa shape index (κ1) is 14.0. The second kappa shape index (κ2) is 5.26. The third-order valence-electron chi connectivity index (χ3n) is 2.62. The van der Waals surface area contributed by atoms with E-state index in [2.05, 4.69) is 10.3 Å². The number of phenols is 1. The van der Waals surface area contributed by atoms with Crippen LogP contribution in [0.3, 0.4) is 0 Å². The van der Waals surface area contributed by atoms with Crippen LogP contribution in [-0.4, -0.2) is 27.1 Å². The van der Waals surface area contributed by atoms with Crippen LogP contribution >= 0.6 is 11.6 Å². The van der Waals surface area contributed by atoms with E-state index in [9.17, 15) is 14.7 Å². The molecule has 1 aromatic heterocycles. The van der Waals surface area contributed by atoms with E-state index in [1.807, 2.05) is 0 Å². The fourth-order valence-corrected chi connectivity index (χ4v) is 1.91. The van der Waals surface area contributed by atoms with Crippen molar-refractivity contribution in [3.8, 4) is 5.75 Å². The van der Waals surface area contributed by atoms with Crippen LogP contribution in [0.15, 0.2) is 24.3 Å². The number of hydrogen-bond donors (Lipinski definition) is 4. The van der Waals surface area contributed by atoms with Gasteiger partial charge in [-0.25, -0.2) is 4.79 Å². The topological polar surface area (TPSA) is 102 Å². The summed E-state index contributed by atoms with van der Waals surface area (Å²) in [5.74, 6) is -2.09. The zero-order valence-electron chi connectivity index (χ0n) is 10.4. The van der Waals surface area contributed by atoms with E-state index in [1.54, 1.807) is 6.92 Å². The summed E-state index contributed by atoms with van der Waals surface area (Å²) in [5.41, 5.74) is 0.612. The molecule has 0 atom stereocenters. The number of aromatic amines is 1. The number of benzene rings is 1. The lowest BCUT2D eigenvalue weighted by Crippen LogP contribution is -2.14. The molecule has 104 valence electrons. The van der Waals surface area contributed by atoms with Gasteiger partial charge in [-0.3, -0.25) is 4.79 Å². The first-order valence-corrected chi connectivity index (χ1v) is 5.99. The molecule has 0 unspecified atom stereocenters. The molecule has 1 aromatic carbocycles. The minimum Gasteiger partial charge on any atom is -0.507 e. The van der Waals surface area contributed by atoms with Gasteiger partial charge in [0, 0.05) is 10.7 Å². The van der Waals surface area contributed by atoms with Crippen LogP contribution in [0.1, 0.15) is 26.5 Å². The lowest BCUT2D eigenvalue weighted by atomic mass is 10.2. The number of carboxylic acid groups (broad SMARTS) is 1. The minimum absolute atomic E-state index is 0.00425. The van der Waals surface area contributed by atoms with Gasteiger partial charge in [0.1, 0.15) is 11.4 Å². The Balaban J connectivity index is 2.30. The summed E-state index contributed by atoms with van der Waals surface area (Å²) < 4.78 is 0. The molecule has 1 amide bonds. The second-order valence-electron chi connectivity index (χ2n) is 4.16. The van der Waals surface area contributed by atoms with Crippen LogP contribution in [0.4, 0.5) is 5.69 Å². The van der Waals surface area contributed by atoms with Crippen molar-refractivity contribution in [2.24, 2.45) is 0 Å². The second-order valence-corrected chi connectivity index (χ2v) is 4.60. The quantitative estimate of drug-likeness (QED) is 0.698. The number of phenolic OH excluding ortho intramolecular Hbond substituents is 1. The molecule has 0 radical (unpaired) electrons. The Kier molecular flexibility index (Phi) is 3.67. The van der Waals surface area contributed by atoms with Gasteiger partial charge in [0.05, 0.1) is 11.3 Å². The maximum atomic E-state index is 12.0. The molecule has 0 spiro atoms. The molecule has 0 aliphatic heterocycles. The van der Waals surface area contributed by atoms with Gasteiger partial charge < -0.3 is 20.5 Å². The molecule has 0 aliphatic rings. The average Bonchev–Trinajstić information content (AvgIpc) is 2.70. The Morgan fingerprint density at radius 2 is 2.00 bits per heavy atom. The number of aromatic carboxylic acids is 1.